The van der Waals surface area contributed by atoms with Crippen molar-refractivity contribution >= 4 is 23.4 Å². The lowest BCUT2D eigenvalue weighted by atomic mass is 10.2. The molecule has 0 aliphatic carbocycles. The molecule has 2 N–H and O–H groups in total. The van der Waals surface area contributed by atoms with Gasteiger partial charge in [0.15, 0.2) is 0 Å². The fourth-order valence-corrected chi connectivity index (χ4v) is 3.72. The van der Waals surface area contributed by atoms with Crippen molar-refractivity contribution in [2.45, 2.75) is 6.54 Å². The predicted octanol–water partition coefficient (Wildman–Crippen LogP) is 3.46. The number of carbonyl (C=O) groups is 1. The monoisotopic (exact) mass is 448 g/mol. The third kappa shape index (κ3) is 6.11. The van der Waals surface area contributed by atoms with Gasteiger partial charge >= 0.3 is 6.03 Å². The Hall–Kier alpha value is -3.85. The second-order valence-corrected chi connectivity index (χ2v) is 7.69. The fraction of sp³-hybridized carbons (Fsp3) is 0.292. The SMILES string of the molecule is COc1cc(NC(=O)Nc2cc(N3CCN(Cc4ccccc4)CC3)ncn2)cc(OC)c1. The molecular weight excluding hydrogens is 420 g/mol. The molecule has 0 atom stereocenters. The first kappa shape index (κ1) is 22.3. The van der Waals surface area contributed by atoms with Crippen LogP contribution in [0.3, 0.4) is 0 Å². The Bertz CT molecular complexity index is 1050. The molecule has 0 saturated carbocycles. The number of benzene rings is 2. The van der Waals surface area contributed by atoms with Crippen LogP contribution in [0, 0.1) is 0 Å². The molecule has 9 heteroatoms. The summed E-state index contributed by atoms with van der Waals surface area (Å²) < 4.78 is 10.5. The minimum atomic E-state index is -0.414. The highest BCUT2D eigenvalue weighted by Crippen LogP contribution is 2.26. The van der Waals surface area contributed by atoms with E-state index in [1.807, 2.05) is 6.07 Å². The molecule has 2 aromatic carbocycles. The molecule has 2 heterocycles. The minimum Gasteiger partial charge on any atom is -0.497 e. The van der Waals surface area contributed by atoms with Gasteiger partial charge < -0.3 is 19.7 Å². The van der Waals surface area contributed by atoms with Crippen molar-refractivity contribution in [1.29, 1.82) is 0 Å². The van der Waals surface area contributed by atoms with Crippen LogP contribution in [-0.4, -0.2) is 61.3 Å². The second kappa shape index (κ2) is 10.6. The Labute approximate surface area is 193 Å². The smallest absolute Gasteiger partial charge is 0.324 e. The highest BCUT2D eigenvalue weighted by Gasteiger charge is 2.19. The number of nitrogens with one attached hydrogen (secondary N) is 2. The molecule has 9 nitrogen and oxygen atoms in total. The predicted molar refractivity (Wildman–Crippen MR) is 128 cm³/mol. The van der Waals surface area contributed by atoms with Crippen LogP contribution in [0.15, 0.2) is 60.9 Å². The number of hydrogen-bond acceptors (Lipinski definition) is 7. The summed E-state index contributed by atoms with van der Waals surface area (Å²) in [6.07, 6.45) is 1.47. The van der Waals surface area contributed by atoms with Crippen LogP contribution in [-0.2, 0) is 6.54 Å². The van der Waals surface area contributed by atoms with E-state index in [2.05, 4.69) is 54.7 Å². The van der Waals surface area contributed by atoms with Gasteiger partial charge in [0.1, 0.15) is 29.5 Å². The summed E-state index contributed by atoms with van der Waals surface area (Å²) in [5.41, 5.74) is 1.87. The van der Waals surface area contributed by atoms with Crippen molar-refractivity contribution in [3.8, 4) is 11.5 Å². The summed E-state index contributed by atoms with van der Waals surface area (Å²) in [7, 11) is 3.12. The van der Waals surface area contributed by atoms with E-state index in [1.165, 1.54) is 11.9 Å². The maximum absolute atomic E-state index is 12.5. The number of hydrogen-bond donors (Lipinski definition) is 2. The van der Waals surface area contributed by atoms with Crippen LogP contribution in [0.1, 0.15) is 5.56 Å². The highest BCUT2D eigenvalue weighted by molar-refractivity contribution is 5.99. The van der Waals surface area contributed by atoms with E-state index < -0.39 is 6.03 Å². The van der Waals surface area contributed by atoms with Gasteiger partial charge in [-0.05, 0) is 5.56 Å². The van der Waals surface area contributed by atoms with Gasteiger partial charge in [0.25, 0.3) is 0 Å². The molecule has 33 heavy (non-hydrogen) atoms. The van der Waals surface area contributed by atoms with E-state index in [-0.39, 0.29) is 0 Å². The summed E-state index contributed by atoms with van der Waals surface area (Å²) in [4.78, 5) is 25.7. The van der Waals surface area contributed by atoms with Gasteiger partial charge in [-0.25, -0.2) is 14.8 Å². The first-order chi connectivity index (χ1) is 16.1. The van der Waals surface area contributed by atoms with Crippen LogP contribution in [0.5, 0.6) is 11.5 Å². The number of anilines is 3. The van der Waals surface area contributed by atoms with Crippen LogP contribution >= 0.6 is 0 Å². The Morgan fingerprint density at radius 3 is 2.27 bits per heavy atom. The Morgan fingerprint density at radius 1 is 0.909 bits per heavy atom. The normalized spacial score (nSPS) is 13.9. The standard InChI is InChI=1S/C24H28N6O3/c1-32-20-12-19(13-21(14-20)33-2)27-24(31)28-22-15-23(26-17-25-22)30-10-8-29(9-11-30)16-18-6-4-3-5-7-18/h3-7,12-15,17H,8-11,16H2,1-2H3,(H2,25,26,27,28,31). The zero-order valence-electron chi connectivity index (χ0n) is 18.8. The topological polar surface area (TPSA) is 91.9 Å². The number of rotatable bonds is 7. The van der Waals surface area contributed by atoms with E-state index >= 15 is 0 Å². The van der Waals surface area contributed by atoms with Gasteiger partial charge in [0, 0.05) is 62.7 Å². The molecule has 1 fully saturated rings. The van der Waals surface area contributed by atoms with Gasteiger partial charge in [0.2, 0.25) is 0 Å². The molecular formula is C24H28N6O3. The largest absolute Gasteiger partial charge is 0.497 e. The van der Waals surface area contributed by atoms with Crippen LogP contribution in [0.2, 0.25) is 0 Å². The van der Waals surface area contributed by atoms with Gasteiger partial charge in [-0.15, -0.1) is 0 Å². The van der Waals surface area contributed by atoms with E-state index in [0.717, 1.165) is 38.5 Å². The van der Waals surface area contributed by atoms with Crippen molar-refractivity contribution in [3.63, 3.8) is 0 Å². The molecule has 3 aromatic rings. The number of aromatic nitrogens is 2. The average Bonchev–Trinajstić information content (AvgIpc) is 2.85. The van der Waals surface area contributed by atoms with Crippen molar-refractivity contribution in [1.82, 2.24) is 14.9 Å². The Kier molecular flexibility index (Phi) is 7.21. The van der Waals surface area contributed by atoms with E-state index in [0.29, 0.717) is 23.0 Å². The molecule has 2 amide bonds. The number of amides is 2. The van der Waals surface area contributed by atoms with Crippen LogP contribution < -0.4 is 25.0 Å². The third-order valence-electron chi connectivity index (χ3n) is 5.45. The van der Waals surface area contributed by atoms with Crippen molar-refractivity contribution in [2.75, 3.05) is 55.9 Å². The number of methoxy groups -OCH3 is 2. The van der Waals surface area contributed by atoms with E-state index in [9.17, 15) is 4.79 Å². The molecule has 1 saturated heterocycles. The number of piperazine rings is 1. The molecule has 0 spiro atoms. The molecule has 4 rings (SSSR count). The maximum atomic E-state index is 12.5. The molecule has 1 aliphatic rings. The Morgan fingerprint density at radius 2 is 1.61 bits per heavy atom. The molecule has 0 unspecified atom stereocenters. The fourth-order valence-electron chi connectivity index (χ4n) is 3.72. The van der Waals surface area contributed by atoms with Crippen molar-refractivity contribution in [3.05, 3.63) is 66.5 Å². The van der Waals surface area contributed by atoms with Gasteiger partial charge in [-0.1, -0.05) is 30.3 Å². The molecule has 0 bridgehead atoms. The minimum absolute atomic E-state index is 0.414. The highest BCUT2D eigenvalue weighted by atomic mass is 16.5. The number of ether oxygens (including phenoxy) is 2. The van der Waals surface area contributed by atoms with Crippen LogP contribution in [0.4, 0.5) is 22.1 Å². The quantitative estimate of drug-likeness (QED) is 0.572. The summed E-state index contributed by atoms with van der Waals surface area (Å²) in [6.45, 7) is 4.55. The zero-order valence-corrected chi connectivity index (χ0v) is 18.8. The van der Waals surface area contributed by atoms with Gasteiger partial charge in [-0.2, -0.15) is 0 Å². The number of nitrogens with zero attached hydrogens (tertiary/aromatic N) is 4. The number of carbonyl (C=O) groups excluding carboxylic acids is 1. The zero-order chi connectivity index (χ0) is 23.0. The summed E-state index contributed by atoms with van der Waals surface area (Å²) in [5, 5.41) is 5.54. The first-order valence-corrected chi connectivity index (χ1v) is 10.8. The number of urea groups is 1. The first-order valence-electron chi connectivity index (χ1n) is 10.8. The summed E-state index contributed by atoms with van der Waals surface area (Å²) in [5.74, 6) is 2.39. The maximum Gasteiger partial charge on any atom is 0.324 e. The summed E-state index contributed by atoms with van der Waals surface area (Å²) in [6, 6.07) is 17.0. The summed E-state index contributed by atoms with van der Waals surface area (Å²) >= 11 is 0. The van der Waals surface area contributed by atoms with E-state index in [4.69, 9.17) is 9.47 Å². The van der Waals surface area contributed by atoms with Crippen molar-refractivity contribution < 1.29 is 14.3 Å². The van der Waals surface area contributed by atoms with E-state index in [1.54, 1.807) is 38.5 Å². The lowest BCUT2D eigenvalue weighted by molar-refractivity contribution is 0.249. The lowest BCUT2D eigenvalue weighted by Crippen LogP contribution is -2.46. The Balaban J connectivity index is 1.33. The molecule has 172 valence electrons. The van der Waals surface area contributed by atoms with Gasteiger partial charge in [0.05, 0.1) is 14.2 Å². The molecule has 1 aromatic heterocycles. The third-order valence-corrected chi connectivity index (χ3v) is 5.45. The van der Waals surface area contributed by atoms with Crippen molar-refractivity contribution in [2.24, 2.45) is 0 Å². The molecule has 0 radical (unpaired) electrons. The molecule has 1 aliphatic heterocycles. The second-order valence-electron chi connectivity index (χ2n) is 7.69. The average molecular weight is 449 g/mol. The van der Waals surface area contributed by atoms with Crippen LogP contribution in [0.25, 0.3) is 0 Å². The lowest BCUT2D eigenvalue weighted by Gasteiger charge is -2.35. The van der Waals surface area contributed by atoms with Gasteiger partial charge in [-0.3, -0.25) is 10.2 Å².